The molecule has 2 unspecified atom stereocenters. The van der Waals surface area contributed by atoms with Crippen LogP contribution in [0.15, 0.2) is 21.2 Å². The van der Waals surface area contributed by atoms with Gasteiger partial charge in [-0.05, 0) is 53.7 Å². The molecule has 1 heterocycles. The monoisotopic (exact) mass is 385 g/mol. The smallest absolute Gasteiger partial charge is 0.307 e. The van der Waals surface area contributed by atoms with Gasteiger partial charge in [-0.2, -0.15) is 0 Å². The van der Waals surface area contributed by atoms with Crippen LogP contribution in [0.5, 0.6) is 0 Å². The summed E-state index contributed by atoms with van der Waals surface area (Å²) in [7, 11) is 0. The van der Waals surface area contributed by atoms with Crippen molar-refractivity contribution in [3.63, 3.8) is 0 Å². The number of esters is 1. The first kappa shape index (κ1) is 18.0. The Morgan fingerprint density at radius 3 is 2.70 bits per heavy atom. The zero-order valence-electron chi connectivity index (χ0n) is 13.7. The molecule has 1 fully saturated rings. The van der Waals surface area contributed by atoms with Crippen LogP contribution in [0.1, 0.15) is 56.5 Å². The molecule has 1 amide bonds. The molecule has 5 nitrogen and oxygen atoms in total. The van der Waals surface area contributed by atoms with Gasteiger partial charge < -0.3 is 14.1 Å². The lowest BCUT2D eigenvalue weighted by atomic mass is 9.84. The third-order valence-electron chi connectivity index (χ3n) is 4.37. The number of halogens is 1. The van der Waals surface area contributed by atoms with Crippen LogP contribution in [0.25, 0.3) is 0 Å². The van der Waals surface area contributed by atoms with E-state index in [1.54, 1.807) is 24.0 Å². The number of furan rings is 1. The van der Waals surface area contributed by atoms with Gasteiger partial charge in [0.2, 0.25) is 0 Å². The lowest BCUT2D eigenvalue weighted by molar-refractivity contribution is -0.143. The summed E-state index contributed by atoms with van der Waals surface area (Å²) < 4.78 is 10.9. The number of carbonyl (C=O) groups is 2. The third-order valence-corrected chi connectivity index (χ3v) is 4.80. The van der Waals surface area contributed by atoms with Crippen LogP contribution in [0.3, 0.4) is 0 Å². The third kappa shape index (κ3) is 4.83. The maximum Gasteiger partial charge on any atom is 0.307 e. The summed E-state index contributed by atoms with van der Waals surface area (Å²) in [6.07, 6.45) is 4.60. The van der Waals surface area contributed by atoms with Gasteiger partial charge in [0.05, 0.1) is 13.0 Å². The van der Waals surface area contributed by atoms with E-state index in [0.717, 1.165) is 19.3 Å². The van der Waals surface area contributed by atoms with Crippen LogP contribution in [0.4, 0.5) is 0 Å². The summed E-state index contributed by atoms with van der Waals surface area (Å²) in [6, 6.07) is 3.52. The molecule has 1 aliphatic rings. The summed E-state index contributed by atoms with van der Waals surface area (Å²) >= 11 is 3.23. The van der Waals surface area contributed by atoms with Gasteiger partial charge in [0, 0.05) is 12.6 Å². The van der Waals surface area contributed by atoms with Crippen LogP contribution in [-0.2, 0) is 9.53 Å². The summed E-state index contributed by atoms with van der Waals surface area (Å²) in [4.78, 5) is 26.3. The number of nitrogens with zero attached hydrogens (tertiary/aromatic N) is 1. The summed E-state index contributed by atoms with van der Waals surface area (Å²) in [6.45, 7) is 4.68. The van der Waals surface area contributed by atoms with Crippen LogP contribution < -0.4 is 0 Å². The van der Waals surface area contributed by atoms with Gasteiger partial charge >= 0.3 is 5.97 Å². The fourth-order valence-electron chi connectivity index (χ4n) is 3.19. The maximum atomic E-state index is 12.8. The fourth-order valence-corrected chi connectivity index (χ4v) is 3.50. The van der Waals surface area contributed by atoms with Crippen molar-refractivity contribution in [2.75, 3.05) is 13.2 Å². The second-order valence-corrected chi connectivity index (χ2v) is 6.77. The van der Waals surface area contributed by atoms with Gasteiger partial charge in [-0.25, -0.2) is 0 Å². The Morgan fingerprint density at radius 1 is 1.35 bits per heavy atom. The zero-order chi connectivity index (χ0) is 16.8. The Balaban J connectivity index is 2.12. The van der Waals surface area contributed by atoms with Crippen LogP contribution in [0, 0.1) is 5.92 Å². The van der Waals surface area contributed by atoms with Crippen molar-refractivity contribution in [2.24, 2.45) is 5.92 Å². The summed E-state index contributed by atoms with van der Waals surface area (Å²) in [5.74, 6) is 0.306. The van der Waals surface area contributed by atoms with Crippen LogP contribution in [-0.4, -0.2) is 36.0 Å². The van der Waals surface area contributed by atoms with Crippen LogP contribution >= 0.6 is 15.9 Å². The lowest BCUT2D eigenvalue weighted by Crippen LogP contribution is -2.46. The normalized spacial score (nSPS) is 21.0. The van der Waals surface area contributed by atoms with Crippen molar-refractivity contribution in [1.29, 1.82) is 0 Å². The Morgan fingerprint density at radius 2 is 2.09 bits per heavy atom. The molecule has 0 N–H and O–H groups in total. The highest BCUT2D eigenvalue weighted by Gasteiger charge is 2.32. The molecule has 1 aromatic heterocycles. The van der Waals surface area contributed by atoms with Crippen molar-refractivity contribution >= 4 is 27.8 Å². The minimum absolute atomic E-state index is 0.148. The average molecular weight is 386 g/mol. The van der Waals surface area contributed by atoms with Crippen molar-refractivity contribution in [1.82, 2.24) is 4.90 Å². The van der Waals surface area contributed by atoms with E-state index in [-0.39, 0.29) is 24.3 Å². The Labute approximate surface area is 145 Å². The molecular formula is C17H24BrNO4. The average Bonchev–Trinajstić information content (AvgIpc) is 2.96. The topological polar surface area (TPSA) is 59.8 Å². The highest BCUT2D eigenvalue weighted by atomic mass is 79.9. The number of amides is 1. The number of rotatable bonds is 6. The van der Waals surface area contributed by atoms with Gasteiger partial charge in [-0.3, -0.25) is 9.59 Å². The molecule has 0 radical (unpaired) electrons. The number of carbonyl (C=O) groups excluding carboxylic acids is 2. The van der Waals surface area contributed by atoms with E-state index in [9.17, 15) is 9.59 Å². The number of hydrogen-bond donors (Lipinski definition) is 0. The van der Waals surface area contributed by atoms with Gasteiger partial charge in [0.25, 0.3) is 5.91 Å². The van der Waals surface area contributed by atoms with E-state index in [2.05, 4.69) is 22.9 Å². The molecule has 1 aromatic rings. The molecule has 2 atom stereocenters. The number of hydrogen-bond acceptors (Lipinski definition) is 4. The quantitative estimate of drug-likeness (QED) is 0.693. The van der Waals surface area contributed by atoms with E-state index >= 15 is 0 Å². The lowest BCUT2D eigenvalue weighted by Gasteiger charge is -2.38. The van der Waals surface area contributed by atoms with Crippen molar-refractivity contribution in [3.8, 4) is 0 Å². The summed E-state index contributed by atoms with van der Waals surface area (Å²) in [5.41, 5.74) is 0. The molecular weight excluding hydrogens is 362 g/mol. The molecule has 6 heteroatoms. The highest BCUT2D eigenvalue weighted by Crippen LogP contribution is 2.30. The predicted octanol–water partition coefficient (Wildman–Crippen LogP) is 4.02. The summed E-state index contributed by atoms with van der Waals surface area (Å²) in [5, 5.41) is 0. The molecule has 0 aliphatic heterocycles. The zero-order valence-corrected chi connectivity index (χ0v) is 15.3. The van der Waals surface area contributed by atoms with Gasteiger partial charge in [0.15, 0.2) is 10.4 Å². The standard InChI is InChI=1S/C17H24BrNO4/c1-3-22-16(20)10-11-19(13-7-5-4-6-12(13)2)17(21)14-8-9-15(18)23-14/h8-9,12-13H,3-7,10-11H2,1-2H3. The van der Waals surface area contributed by atoms with E-state index < -0.39 is 0 Å². The van der Waals surface area contributed by atoms with Gasteiger partial charge in [-0.1, -0.05) is 19.8 Å². The first-order valence-corrected chi connectivity index (χ1v) is 9.04. The van der Waals surface area contributed by atoms with E-state index in [1.165, 1.54) is 6.42 Å². The minimum Gasteiger partial charge on any atom is -0.466 e. The second-order valence-electron chi connectivity index (χ2n) is 5.99. The first-order chi connectivity index (χ1) is 11.0. The molecule has 1 aliphatic carbocycles. The minimum atomic E-state index is -0.269. The van der Waals surface area contributed by atoms with Gasteiger partial charge in [0.1, 0.15) is 0 Å². The fraction of sp³-hybridized carbons (Fsp3) is 0.647. The SMILES string of the molecule is CCOC(=O)CCN(C(=O)c1ccc(Br)o1)C1CCCCC1C. The molecule has 23 heavy (non-hydrogen) atoms. The van der Waals surface area contributed by atoms with Gasteiger partial charge in [-0.15, -0.1) is 0 Å². The maximum absolute atomic E-state index is 12.8. The highest BCUT2D eigenvalue weighted by molar-refractivity contribution is 9.10. The molecule has 1 saturated carbocycles. The molecule has 0 bridgehead atoms. The van der Waals surface area contributed by atoms with Crippen LogP contribution in [0.2, 0.25) is 0 Å². The van der Waals surface area contributed by atoms with Crippen molar-refractivity contribution < 1.29 is 18.7 Å². The Hall–Kier alpha value is -1.30. The molecule has 0 aromatic carbocycles. The largest absolute Gasteiger partial charge is 0.466 e. The van der Waals surface area contributed by atoms with Crippen molar-refractivity contribution in [2.45, 2.75) is 52.0 Å². The number of ether oxygens (including phenoxy) is 1. The van der Waals surface area contributed by atoms with Crippen molar-refractivity contribution in [3.05, 3.63) is 22.6 Å². The Bertz CT molecular complexity index is 542. The Kier molecular flexibility index (Phi) is 6.69. The molecule has 0 saturated heterocycles. The molecule has 2 rings (SSSR count). The molecule has 0 spiro atoms. The first-order valence-electron chi connectivity index (χ1n) is 8.24. The van der Waals surface area contributed by atoms with E-state index in [1.807, 2.05) is 0 Å². The van der Waals surface area contributed by atoms with E-state index in [0.29, 0.717) is 29.5 Å². The second kappa shape index (κ2) is 8.52. The predicted molar refractivity (Wildman–Crippen MR) is 90.1 cm³/mol. The molecule has 128 valence electrons. The van der Waals surface area contributed by atoms with E-state index in [4.69, 9.17) is 9.15 Å².